The van der Waals surface area contributed by atoms with Gasteiger partial charge in [0.25, 0.3) is 0 Å². The monoisotopic (exact) mass is 354 g/mol. The summed E-state index contributed by atoms with van der Waals surface area (Å²) in [6.45, 7) is 2.90. The van der Waals surface area contributed by atoms with Crippen LogP contribution >= 0.6 is 37.2 Å². The Balaban J connectivity index is -0.00000000890. The van der Waals surface area contributed by atoms with Gasteiger partial charge in [0.15, 0.2) is 5.97 Å². The second-order valence-electron chi connectivity index (χ2n) is 1.58. The molecule has 0 aromatic heterocycles. The van der Waals surface area contributed by atoms with Gasteiger partial charge in [-0.1, -0.05) is 0 Å². The smallest absolute Gasteiger partial charge is 0.164 e. The van der Waals surface area contributed by atoms with Gasteiger partial charge in [0, 0.05) is 21.7 Å². The summed E-state index contributed by atoms with van der Waals surface area (Å²) in [5.41, 5.74) is 0. The Hall–Kier alpha value is 0.404. The molecule has 0 atom stereocenters. The predicted octanol–water partition coefficient (Wildman–Crippen LogP) is 4.36. The van der Waals surface area contributed by atoms with Crippen LogP contribution in [0.5, 0.6) is 0 Å². The number of hydrogen-bond acceptors (Lipinski definition) is 2. The normalized spacial score (nSPS) is 6.72. The molecule has 0 saturated carbocycles. The van der Waals surface area contributed by atoms with E-state index in [1.54, 1.807) is 0 Å². The summed E-state index contributed by atoms with van der Waals surface area (Å²) in [6.07, 6.45) is 10.0. The van der Waals surface area contributed by atoms with E-state index in [1.807, 2.05) is 12.2 Å². The second-order valence-corrected chi connectivity index (χ2v) is 1.58. The summed E-state index contributed by atoms with van der Waals surface area (Å²) < 4.78 is 4.00. The van der Waals surface area contributed by atoms with Crippen molar-refractivity contribution >= 4 is 43.2 Å². The maximum Gasteiger partial charge on any atom is 0.164 e. The number of carbonyl (C=O) groups is 1. The maximum atomic E-state index is 9.48. The van der Waals surface area contributed by atoms with Crippen molar-refractivity contribution in [2.45, 2.75) is 6.42 Å². The first-order valence-electron chi connectivity index (χ1n) is 2.89. The van der Waals surface area contributed by atoms with Gasteiger partial charge in [0.05, 0.1) is 7.11 Å². The first kappa shape index (κ1) is 63.0. The summed E-state index contributed by atoms with van der Waals surface area (Å²) >= 11 is 0. The third-order valence-electron chi connectivity index (χ3n) is 0.814. The molecule has 0 saturated heterocycles. The Labute approximate surface area is 148 Å². The molecule has 0 aliphatic heterocycles. The van der Waals surface area contributed by atoms with Gasteiger partial charge in [-0.25, -0.2) is 12.2 Å². The molecular formula is C12H25Cl3O2Ti-6. The minimum absolute atomic E-state index is 0. The molecule has 2 nitrogen and oxygen atoms in total. The van der Waals surface area contributed by atoms with Crippen LogP contribution in [0, 0.1) is 42.7 Å². The fourth-order valence-electron chi connectivity index (χ4n) is 0.340. The van der Waals surface area contributed by atoms with Crippen molar-refractivity contribution in [3.05, 3.63) is 60.9 Å². The molecule has 0 heterocycles. The molecule has 116 valence electrons. The summed E-state index contributed by atoms with van der Waals surface area (Å²) in [4.78, 5) is 9.48. The molecular weight excluding hydrogens is 330 g/mol. The third-order valence-corrected chi connectivity index (χ3v) is 0.814. The fraction of sp³-hybridized carbons (Fsp3) is 0.167. The van der Waals surface area contributed by atoms with Gasteiger partial charge in [-0.3, -0.25) is 17.8 Å². The number of hydrogen-bond donors (Lipinski definition) is 0. The van der Waals surface area contributed by atoms with Crippen LogP contribution in [-0.2, 0) is 31.2 Å². The average molecular weight is 356 g/mol. The van der Waals surface area contributed by atoms with E-state index >= 15 is 0 Å². The standard InChI is InChI=1S/C5H5.C3H5O2.4CH3.3ClH.Ti/c1-2-4-5-3-1;1-3(4)5-2;;;;;;;;/h1-3H,4H2;1H2,2H3;4*1H3;3*1H;/q6*-1;;;;. The minimum atomic E-state index is -0.495. The summed E-state index contributed by atoms with van der Waals surface area (Å²) in [5, 5.41) is 0. The van der Waals surface area contributed by atoms with Crippen LogP contribution in [0.2, 0.25) is 0 Å². The van der Waals surface area contributed by atoms with Crippen molar-refractivity contribution in [2.24, 2.45) is 0 Å². The van der Waals surface area contributed by atoms with Gasteiger partial charge in [-0.05, 0) is 0 Å². The molecule has 0 aromatic rings. The molecule has 0 N–H and O–H groups in total. The van der Waals surface area contributed by atoms with Gasteiger partial charge < -0.3 is 34.4 Å². The van der Waals surface area contributed by atoms with E-state index in [4.69, 9.17) is 0 Å². The Kier molecular flexibility index (Phi) is 185. The Morgan fingerprint density at radius 2 is 1.50 bits per heavy atom. The van der Waals surface area contributed by atoms with Crippen molar-refractivity contribution in [3.8, 4) is 0 Å². The zero-order chi connectivity index (χ0) is 7.82. The van der Waals surface area contributed by atoms with Gasteiger partial charge in [0.1, 0.15) is 0 Å². The quantitative estimate of drug-likeness (QED) is 0.366. The van der Waals surface area contributed by atoms with Crippen LogP contribution in [0.3, 0.4) is 0 Å². The molecule has 0 aromatic carbocycles. The molecule has 0 amide bonds. The number of allylic oxidation sites excluding steroid dienone is 4. The Bertz CT molecular complexity index is 153. The topological polar surface area (TPSA) is 26.3 Å². The third kappa shape index (κ3) is 71.0. The molecule has 1 aliphatic carbocycles. The van der Waals surface area contributed by atoms with Crippen molar-refractivity contribution in [1.82, 2.24) is 0 Å². The van der Waals surface area contributed by atoms with E-state index in [0.717, 1.165) is 6.42 Å². The van der Waals surface area contributed by atoms with Crippen molar-refractivity contribution in [3.63, 3.8) is 0 Å². The van der Waals surface area contributed by atoms with E-state index in [-0.39, 0.29) is 88.6 Å². The van der Waals surface area contributed by atoms with Crippen LogP contribution in [-0.4, -0.2) is 13.1 Å². The predicted molar refractivity (Wildman–Crippen MR) is 86.3 cm³/mol. The van der Waals surface area contributed by atoms with E-state index in [1.165, 1.54) is 7.11 Å². The summed E-state index contributed by atoms with van der Waals surface area (Å²) in [7, 11) is 1.29. The largest absolute Gasteiger partial charge is 0.492 e. The molecule has 1 aliphatic rings. The van der Waals surface area contributed by atoms with Gasteiger partial charge in [0.2, 0.25) is 0 Å². The second kappa shape index (κ2) is 53.0. The van der Waals surface area contributed by atoms with Crippen molar-refractivity contribution in [2.75, 3.05) is 7.11 Å². The van der Waals surface area contributed by atoms with E-state index in [0.29, 0.717) is 0 Å². The molecule has 0 radical (unpaired) electrons. The van der Waals surface area contributed by atoms with Crippen molar-refractivity contribution < 1.29 is 31.2 Å². The number of esters is 1. The molecule has 0 bridgehead atoms. The van der Waals surface area contributed by atoms with E-state index in [2.05, 4.69) is 23.8 Å². The van der Waals surface area contributed by atoms with Crippen LogP contribution in [0.25, 0.3) is 0 Å². The van der Waals surface area contributed by atoms with E-state index in [9.17, 15) is 4.79 Å². The number of rotatable bonds is 0. The van der Waals surface area contributed by atoms with Gasteiger partial charge in [-0.15, -0.1) is 43.6 Å². The van der Waals surface area contributed by atoms with Crippen LogP contribution in [0.1, 0.15) is 6.42 Å². The molecule has 18 heavy (non-hydrogen) atoms. The van der Waals surface area contributed by atoms with Crippen LogP contribution < -0.4 is 0 Å². The number of methoxy groups -OCH3 is 1. The van der Waals surface area contributed by atoms with Crippen LogP contribution in [0.15, 0.2) is 18.2 Å². The average Bonchev–Trinajstić information content (AvgIpc) is 2.43. The zero-order valence-electron chi connectivity index (χ0n) is 11.7. The molecule has 0 fully saturated rings. The Morgan fingerprint density at radius 1 is 1.17 bits per heavy atom. The van der Waals surface area contributed by atoms with Gasteiger partial charge >= 0.3 is 0 Å². The molecule has 6 heteroatoms. The van der Waals surface area contributed by atoms with Crippen molar-refractivity contribution in [1.29, 1.82) is 0 Å². The summed E-state index contributed by atoms with van der Waals surface area (Å²) in [5.74, 6) is -0.495. The SMILES string of the molecule is Cl.Cl.Cl.[C-]1=CC=CC1.[CH2-]C(=O)OC.[CH3-].[CH3-].[CH3-].[CH3-].[Ti]. The zero-order valence-corrected chi connectivity index (χ0v) is 15.7. The minimum Gasteiger partial charge on any atom is -0.492 e. The molecule has 1 rings (SSSR count). The maximum absolute atomic E-state index is 9.48. The van der Waals surface area contributed by atoms with E-state index < -0.39 is 5.97 Å². The number of ether oxygens (including phenoxy) is 1. The van der Waals surface area contributed by atoms with Crippen LogP contribution in [0.4, 0.5) is 0 Å². The first-order valence-corrected chi connectivity index (χ1v) is 2.89. The van der Waals surface area contributed by atoms with Gasteiger partial charge in [-0.2, -0.15) is 6.08 Å². The summed E-state index contributed by atoms with van der Waals surface area (Å²) in [6, 6.07) is 0. The number of halogens is 3. The fourth-order valence-corrected chi connectivity index (χ4v) is 0.340. The Morgan fingerprint density at radius 3 is 1.56 bits per heavy atom. The molecule has 0 spiro atoms. The molecule has 0 unspecified atom stereocenters. The number of carbonyl (C=O) groups excluding carboxylic acids is 1. The first-order chi connectivity index (χ1) is 4.77.